The highest BCUT2D eigenvalue weighted by Crippen LogP contribution is 2.30. The zero-order chi connectivity index (χ0) is 25.6. The van der Waals surface area contributed by atoms with Crippen LogP contribution in [0.25, 0.3) is 0 Å². The largest absolute Gasteiger partial charge is 0.496 e. The second-order valence-electron chi connectivity index (χ2n) is 6.91. The average Bonchev–Trinajstić information content (AvgIpc) is 2.82. The van der Waals surface area contributed by atoms with Crippen molar-refractivity contribution in [3.05, 3.63) is 60.0 Å². The molecule has 1 N–H and O–H groups in total. The molecule has 0 aliphatic carbocycles. The van der Waals surface area contributed by atoms with Gasteiger partial charge in [-0.2, -0.15) is 18.2 Å². The first-order valence-electron chi connectivity index (χ1n) is 9.76. The second kappa shape index (κ2) is 10.5. The van der Waals surface area contributed by atoms with E-state index in [0.29, 0.717) is 11.5 Å². The summed E-state index contributed by atoms with van der Waals surface area (Å²) in [7, 11) is -1.36. The van der Waals surface area contributed by atoms with Crippen LogP contribution >= 0.6 is 0 Å². The van der Waals surface area contributed by atoms with Crippen LogP contribution in [0.4, 0.5) is 13.2 Å². The SMILES string of the molecule is COc1cc(OC)cc(Oc2ccnc(S(=O)(=O)CC(=O)NCc3ccc(C(F)(F)F)nc3)n2)c1. The Morgan fingerprint density at radius 1 is 1.00 bits per heavy atom. The van der Waals surface area contributed by atoms with Crippen molar-refractivity contribution in [1.29, 1.82) is 0 Å². The molecule has 0 radical (unpaired) electrons. The molecule has 0 saturated carbocycles. The lowest BCUT2D eigenvalue weighted by molar-refractivity contribution is -0.141. The van der Waals surface area contributed by atoms with Crippen LogP contribution in [0.5, 0.6) is 23.1 Å². The molecule has 0 aliphatic rings. The predicted octanol–water partition coefficient (Wildman–Crippen LogP) is 2.79. The lowest BCUT2D eigenvalue weighted by Gasteiger charge is -2.10. The van der Waals surface area contributed by atoms with Gasteiger partial charge in [-0.3, -0.25) is 9.78 Å². The molecule has 0 spiro atoms. The molecule has 2 heterocycles. The van der Waals surface area contributed by atoms with Gasteiger partial charge in [0.1, 0.15) is 28.7 Å². The molecule has 0 fully saturated rings. The van der Waals surface area contributed by atoms with E-state index in [1.807, 2.05) is 0 Å². The highest BCUT2D eigenvalue weighted by atomic mass is 32.2. The molecule has 0 unspecified atom stereocenters. The Morgan fingerprint density at radius 3 is 2.23 bits per heavy atom. The summed E-state index contributed by atoms with van der Waals surface area (Å²) >= 11 is 0. The molecule has 14 heteroatoms. The van der Waals surface area contributed by atoms with E-state index in [0.717, 1.165) is 24.5 Å². The first kappa shape index (κ1) is 25.7. The van der Waals surface area contributed by atoms with Crippen LogP contribution in [0.3, 0.4) is 0 Å². The van der Waals surface area contributed by atoms with Crippen molar-refractivity contribution in [2.45, 2.75) is 17.9 Å². The number of methoxy groups -OCH3 is 2. The molecular formula is C21H19F3N4O6S. The summed E-state index contributed by atoms with van der Waals surface area (Å²) in [5, 5.41) is 1.67. The van der Waals surface area contributed by atoms with Gasteiger partial charge in [0, 0.05) is 43.2 Å². The van der Waals surface area contributed by atoms with E-state index in [4.69, 9.17) is 14.2 Å². The first-order valence-corrected chi connectivity index (χ1v) is 11.4. The lowest BCUT2D eigenvalue weighted by atomic mass is 10.2. The zero-order valence-corrected chi connectivity index (χ0v) is 19.2. The van der Waals surface area contributed by atoms with Crippen LogP contribution < -0.4 is 19.5 Å². The minimum atomic E-state index is -4.59. The number of benzene rings is 1. The van der Waals surface area contributed by atoms with Crippen molar-refractivity contribution in [3.8, 4) is 23.1 Å². The van der Waals surface area contributed by atoms with Crippen LogP contribution in [-0.4, -0.2) is 49.2 Å². The number of halogens is 3. The van der Waals surface area contributed by atoms with Gasteiger partial charge in [0.25, 0.3) is 5.16 Å². The molecule has 10 nitrogen and oxygen atoms in total. The third-order valence-corrected chi connectivity index (χ3v) is 5.75. The number of pyridine rings is 1. The summed E-state index contributed by atoms with van der Waals surface area (Å²) in [6, 6.07) is 7.88. The van der Waals surface area contributed by atoms with Crippen molar-refractivity contribution in [2.75, 3.05) is 20.0 Å². The molecule has 1 aromatic carbocycles. The molecular weight excluding hydrogens is 493 g/mol. The fourth-order valence-corrected chi connectivity index (χ4v) is 3.71. The van der Waals surface area contributed by atoms with Gasteiger partial charge in [0.05, 0.1) is 14.2 Å². The molecule has 0 saturated heterocycles. The number of carbonyl (C=O) groups excluding carboxylic acids is 1. The molecule has 2 aromatic heterocycles. The number of ether oxygens (including phenoxy) is 3. The maximum absolute atomic E-state index is 12.6. The topological polar surface area (TPSA) is 130 Å². The Balaban J connectivity index is 1.65. The fourth-order valence-electron chi connectivity index (χ4n) is 2.68. The van der Waals surface area contributed by atoms with E-state index in [-0.39, 0.29) is 23.7 Å². The van der Waals surface area contributed by atoms with Gasteiger partial charge in [0.15, 0.2) is 0 Å². The summed E-state index contributed by atoms with van der Waals surface area (Å²) in [5.41, 5.74) is -0.828. The van der Waals surface area contributed by atoms with Crippen LogP contribution in [0.1, 0.15) is 11.3 Å². The minimum absolute atomic E-state index is 0.106. The smallest absolute Gasteiger partial charge is 0.433 e. The molecule has 35 heavy (non-hydrogen) atoms. The maximum atomic E-state index is 12.6. The van der Waals surface area contributed by atoms with Crippen LogP contribution in [-0.2, 0) is 27.4 Å². The summed E-state index contributed by atoms with van der Waals surface area (Å²) in [6.07, 6.45) is -2.50. The number of sulfone groups is 1. The monoisotopic (exact) mass is 512 g/mol. The predicted molar refractivity (Wildman–Crippen MR) is 115 cm³/mol. The number of hydrogen-bond donors (Lipinski definition) is 1. The Morgan fingerprint density at radius 2 is 1.66 bits per heavy atom. The molecule has 3 aromatic rings. The molecule has 1 amide bonds. The number of carbonyl (C=O) groups is 1. The van der Waals surface area contributed by atoms with Crippen molar-refractivity contribution in [3.63, 3.8) is 0 Å². The molecule has 186 valence electrons. The van der Waals surface area contributed by atoms with E-state index in [1.54, 1.807) is 6.07 Å². The molecule has 0 bridgehead atoms. The zero-order valence-electron chi connectivity index (χ0n) is 18.4. The van der Waals surface area contributed by atoms with Gasteiger partial charge < -0.3 is 19.5 Å². The highest BCUT2D eigenvalue weighted by molar-refractivity contribution is 7.91. The fraction of sp³-hybridized carbons (Fsp3) is 0.238. The van der Waals surface area contributed by atoms with Gasteiger partial charge in [-0.05, 0) is 11.6 Å². The summed E-state index contributed by atoms with van der Waals surface area (Å²) in [4.78, 5) is 23.0. The van der Waals surface area contributed by atoms with Crippen molar-refractivity contribution in [1.82, 2.24) is 20.3 Å². The Hall–Kier alpha value is -3.94. The number of hydrogen-bond acceptors (Lipinski definition) is 9. The Labute approximate surface area is 198 Å². The highest BCUT2D eigenvalue weighted by Gasteiger charge is 2.32. The number of nitrogens with one attached hydrogen (secondary N) is 1. The molecule has 0 aliphatic heterocycles. The van der Waals surface area contributed by atoms with Crippen LogP contribution in [0, 0.1) is 0 Å². The van der Waals surface area contributed by atoms with Crippen molar-refractivity contribution < 1.29 is 40.6 Å². The number of amides is 1. The Bertz CT molecular complexity index is 1280. The van der Waals surface area contributed by atoms with Crippen LogP contribution in [0.2, 0.25) is 0 Å². The van der Waals surface area contributed by atoms with Crippen LogP contribution in [0.15, 0.2) is 53.9 Å². The molecule has 0 atom stereocenters. The summed E-state index contributed by atoms with van der Waals surface area (Å²) in [5.74, 6) is -0.881. The van der Waals surface area contributed by atoms with Crippen molar-refractivity contribution in [2.24, 2.45) is 0 Å². The number of nitrogens with zero attached hydrogens (tertiary/aromatic N) is 3. The quantitative estimate of drug-likeness (QED) is 0.430. The summed E-state index contributed by atoms with van der Waals surface area (Å²) < 4.78 is 78.8. The second-order valence-corrected chi connectivity index (χ2v) is 8.80. The number of alkyl halides is 3. The number of rotatable bonds is 9. The van der Waals surface area contributed by atoms with Gasteiger partial charge in [-0.25, -0.2) is 13.4 Å². The van der Waals surface area contributed by atoms with Gasteiger partial charge >= 0.3 is 6.18 Å². The van der Waals surface area contributed by atoms with Gasteiger partial charge in [-0.1, -0.05) is 6.07 Å². The number of aromatic nitrogens is 3. The van der Waals surface area contributed by atoms with Crippen molar-refractivity contribution >= 4 is 15.7 Å². The normalized spacial score (nSPS) is 11.6. The maximum Gasteiger partial charge on any atom is 0.433 e. The van der Waals surface area contributed by atoms with Gasteiger partial charge in [-0.15, -0.1) is 0 Å². The lowest BCUT2D eigenvalue weighted by Crippen LogP contribution is -2.30. The van der Waals surface area contributed by atoms with E-state index < -0.39 is 38.5 Å². The van der Waals surface area contributed by atoms with Gasteiger partial charge in [0.2, 0.25) is 21.6 Å². The summed E-state index contributed by atoms with van der Waals surface area (Å²) in [6.45, 7) is -0.221. The first-order chi connectivity index (χ1) is 16.5. The molecule has 3 rings (SSSR count). The minimum Gasteiger partial charge on any atom is -0.496 e. The average molecular weight is 512 g/mol. The van der Waals surface area contributed by atoms with E-state index in [9.17, 15) is 26.4 Å². The van der Waals surface area contributed by atoms with E-state index in [1.165, 1.54) is 32.4 Å². The Kier molecular flexibility index (Phi) is 7.74. The standard InChI is InChI=1S/C21H19F3N4O6S/c1-32-14-7-15(33-2)9-16(8-14)34-19-5-6-25-20(28-19)35(30,31)12-18(29)27-11-13-3-4-17(26-10-13)21(22,23)24/h3-10H,11-12H2,1-2H3,(H,27,29). The third kappa shape index (κ3) is 7.02. The van der Waals surface area contributed by atoms with E-state index >= 15 is 0 Å². The van der Waals surface area contributed by atoms with E-state index in [2.05, 4.69) is 20.3 Å². The third-order valence-electron chi connectivity index (χ3n) is 4.36.